The molecule has 0 fully saturated rings. The van der Waals surface area contributed by atoms with Crippen LogP contribution in [0.2, 0.25) is 17.3 Å². The number of aryl methyl sites for hydroxylation is 2. The Balaban J connectivity index is 2.17. The van der Waals surface area contributed by atoms with Crippen molar-refractivity contribution in [1.82, 2.24) is 4.98 Å². The summed E-state index contributed by atoms with van der Waals surface area (Å²) >= 11 is -1.92. The van der Waals surface area contributed by atoms with Gasteiger partial charge in [-0.25, -0.2) is 0 Å². The molecule has 2 heteroatoms. The Bertz CT molecular complexity index is 928. The maximum atomic E-state index is 5.04. The third kappa shape index (κ3) is 4.20. The quantitative estimate of drug-likeness (QED) is 0.466. The van der Waals surface area contributed by atoms with Gasteiger partial charge in [0.2, 0.25) is 0 Å². The predicted molar refractivity (Wildman–Crippen MR) is 118 cm³/mol. The van der Waals surface area contributed by atoms with E-state index in [1.165, 1.54) is 27.6 Å². The molecule has 0 amide bonds. The van der Waals surface area contributed by atoms with E-state index in [4.69, 9.17) is 4.98 Å². The van der Waals surface area contributed by atoms with Crippen LogP contribution in [0, 0.1) is 19.8 Å². The van der Waals surface area contributed by atoms with Crippen LogP contribution in [0.1, 0.15) is 30.5 Å². The molecule has 0 aliphatic rings. The number of fused-ring (bicyclic) bond motifs is 1. The summed E-state index contributed by atoms with van der Waals surface area (Å²) < 4.78 is 1.63. The van der Waals surface area contributed by atoms with Crippen molar-refractivity contribution in [3.05, 3.63) is 59.2 Å². The van der Waals surface area contributed by atoms with Gasteiger partial charge in [-0.2, -0.15) is 0 Å². The molecule has 0 bridgehead atoms. The molecule has 1 aromatic heterocycles. The number of pyridine rings is 1. The van der Waals surface area contributed by atoms with Crippen molar-refractivity contribution in [2.75, 3.05) is 0 Å². The van der Waals surface area contributed by atoms with Gasteiger partial charge in [-0.05, 0) is 0 Å². The van der Waals surface area contributed by atoms with Gasteiger partial charge in [-0.1, -0.05) is 0 Å². The molecule has 0 unspecified atom stereocenters. The summed E-state index contributed by atoms with van der Waals surface area (Å²) in [5.41, 5.74) is 7.52. The third-order valence-corrected chi connectivity index (χ3v) is 9.23. The number of nitrogens with zero attached hydrogens (tertiary/aromatic N) is 1. The van der Waals surface area contributed by atoms with Gasteiger partial charge < -0.3 is 0 Å². The molecule has 26 heavy (non-hydrogen) atoms. The van der Waals surface area contributed by atoms with Gasteiger partial charge in [0.05, 0.1) is 0 Å². The van der Waals surface area contributed by atoms with E-state index in [0.29, 0.717) is 5.92 Å². The van der Waals surface area contributed by atoms with Gasteiger partial charge in [0, 0.05) is 0 Å². The van der Waals surface area contributed by atoms with E-state index in [-0.39, 0.29) is 0 Å². The monoisotopic (exact) mass is 407 g/mol. The summed E-state index contributed by atoms with van der Waals surface area (Å²) in [4.78, 5) is 5.04. The van der Waals surface area contributed by atoms with Crippen LogP contribution in [0.25, 0.3) is 22.2 Å². The van der Waals surface area contributed by atoms with Gasteiger partial charge in [-0.3, -0.25) is 0 Å². The van der Waals surface area contributed by atoms with Crippen molar-refractivity contribution >= 4 is 28.6 Å². The molecule has 1 nitrogen and oxygen atoms in total. The number of benzene rings is 2. The molecule has 0 spiro atoms. The Labute approximate surface area is 161 Å². The van der Waals surface area contributed by atoms with Gasteiger partial charge in [0.1, 0.15) is 0 Å². The van der Waals surface area contributed by atoms with Crippen molar-refractivity contribution in [3.63, 3.8) is 0 Å². The fourth-order valence-corrected chi connectivity index (χ4v) is 7.43. The van der Waals surface area contributed by atoms with E-state index in [9.17, 15) is 0 Å². The molecule has 0 saturated carbocycles. The molecule has 0 saturated heterocycles. The molecular weight excluding hydrogens is 375 g/mol. The van der Waals surface area contributed by atoms with E-state index in [1.54, 1.807) is 4.40 Å². The summed E-state index contributed by atoms with van der Waals surface area (Å²) in [6, 6.07) is 15.9. The summed E-state index contributed by atoms with van der Waals surface area (Å²) in [5.74, 6) is 8.13. The van der Waals surface area contributed by atoms with E-state index in [2.05, 4.69) is 87.4 Å². The Morgan fingerprint density at radius 3 is 2.12 bits per heavy atom. The van der Waals surface area contributed by atoms with Crippen LogP contribution in [0.5, 0.6) is 0 Å². The molecular formula is C24H31GeN. The van der Waals surface area contributed by atoms with E-state index < -0.39 is 13.3 Å². The Kier molecular flexibility index (Phi) is 5.30. The van der Waals surface area contributed by atoms with Crippen LogP contribution in [0.4, 0.5) is 0 Å². The van der Waals surface area contributed by atoms with Gasteiger partial charge in [-0.15, -0.1) is 0 Å². The van der Waals surface area contributed by atoms with Crippen molar-refractivity contribution in [2.45, 2.75) is 51.4 Å². The first kappa shape index (κ1) is 19.2. The van der Waals surface area contributed by atoms with Gasteiger partial charge in [0.25, 0.3) is 0 Å². The normalized spacial score (nSPS) is 12.2. The van der Waals surface area contributed by atoms with Crippen molar-refractivity contribution in [3.8, 4) is 11.3 Å². The molecule has 3 aromatic rings. The molecule has 136 valence electrons. The van der Waals surface area contributed by atoms with Crippen LogP contribution in [0.15, 0.2) is 42.5 Å². The fourth-order valence-electron chi connectivity index (χ4n) is 3.80. The van der Waals surface area contributed by atoms with E-state index in [0.717, 1.165) is 17.6 Å². The van der Waals surface area contributed by atoms with Crippen molar-refractivity contribution < 1.29 is 0 Å². The van der Waals surface area contributed by atoms with Crippen molar-refractivity contribution in [1.29, 1.82) is 0 Å². The third-order valence-electron chi connectivity index (χ3n) is 4.87. The molecule has 0 atom stereocenters. The molecule has 0 aliphatic heterocycles. The summed E-state index contributed by atoms with van der Waals surface area (Å²) in [7, 11) is 0. The first-order valence-corrected chi connectivity index (χ1v) is 17.0. The molecule has 0 aliphatic carbocycles. The Hall–Kier alpha value is -1.61. The molecule has 0 radical (unpaired) electrons. The SMILES string of the molecule is Cc1cc(C)cc(-c2ccc3c[c]([Ge]([CH3])([CH3])[CH3])c(CC(C)C)cc3n2)c1. The predicted octanol–water partition coefficient (Wildman–Crippen LogP) is 6.26. The summed E-state index contributed by atoms with van der Waals surface area (Å²) in [6.45, 7) is 8.92. The second kappa shape index (κ2) is 7.19. The van der Waals surface area contributed by atoms with E-state index >= 15 is 0 Å². The average molecular weight is 406 g/mol. The molecule has 1 heterocycles. The molecule has 2 aromatic carbocycles. The summed E-state index contributed by atoms with van der Waals surface area (Å²) in [6.07, 6.45) is 1.14. The topological polar surface area (TPSA) is 12.9 Å². The number of hydrogen-bond acceptors (Lipinski definition) is 1. The number of hydrogen-bond donors (Lipinski definition) is 0. The summed E-state index contributed by atoms with van der Waals surface area (Å²) in [5, 5.41) is 1.28. The fraction of sp³-hybridized carbons (Fsp3) is 0.375. The first-order valence-electron chi connectivity index (χ1n) is 9.66. The van der Waals surface area contributed by atoms with Crippen LogP contribution in [-0.4, -0.2) is 18.3 Å². The van der Waals surface area contributed by atoms with Gasteiger partial charge in [0.15, 0.2) is 0 Å². The molecule has 3 rings (SSSR count). The Morgan fingerprint density at radius 1 is 0.885 bits per heavy atom. The molecule has 0 N–H and O–H groups in total. The zero-order valence-electron chi connectivity index (χ0n) is 17.3. The maximum absolute atomic E-state index is 5.04. The van der Waals surface area contributed by atoms with Crippen LogP contribution in [0.3, 0.4) is 0 Å². The standard InChI is InChI=1S/C24H31GeN/c1-16(2)10-20-15-24-19(14-22(20)25(5,6)7)8-9-23(26-24)21-12-17(3)11-18(4)13-21/h8-9,11-16H,10H2,1-7H3. The second-order valence-corrected chi connectivity index (χ2v) is 19.7. The average Bonchev–Trinajstić information content (AvgIpc) is 2.51. The second-order valence-electron chi connectivity index (χ2n) is 9.12. The van der Waals surface area contributed by atoms with Crippen LogP contribution in [-0.2, 0) is 6.42 Å². The zero-order chi connectivity index (χ0) is 19.1. The first-order chi connectivity index (χ1) is 12.1. The number of aromatic nitrogens is 1. The zero-order valence-corrected chi connectivity index (χ0v) is 19.4. The van der Waals surface area contributed by atoms with Gasteiger partial charge >= 0.3 is 161 Å². The minimum atomic E-state index is -1.92. The van der Waals surface area contributed by atoms with Crippen LogP contribution >= 0.6 is 0 Å². The van der Waals surface area contributed by atoms with Crippen molar-refractivity contribution in [2.24, 2.45) is 5.92 Å². The minimum absolute atomic E-state index is 0.665. The Morgan fingerprint density at radius 2 is 1.54 bits per heavy atom. The number of rotatable bonds is 4. The van der Waals surface area contributed by atoms with E-state index in [1.807, 2.05) is 0 Å². The van der Waals surface area contributed by atoms with Crippen LogP contribution < -0.4 is 4.40 Å².